The lowest BCUT2D eigenvalue weighted by Gasteiger charge is -2.06. The van der Waals surface area contributed by atoms with Gasteiger partial charge in [0.15, 0.2) is 0 Å². The average molecular weight is 252 g/mol. The summed E-state index contributed by atoms with van der Waals surface area (Å²) in [6.07, 6.45) is 0. The van der Waals surface area contributed by atoms with E-state index in [1.165, 1.54) is 0 Å². The smallest absolute Gasteiger partial charge is 0.269 e. The van der Waals surface area contributed by atoms with Crippen molar-refractivity contribution in [3.8, 4) is 0 Å². The van der Waals surface area contributed by atoms with Crippen molar-refractivity contribution in [2.75, 3.05) is 0 Å². The van der Waals surface area contributed by atoms with Crippen LogP contribution in [0, 0.1) is 0 Å². The van der Waals surface area contributed by atoms with Gasteiger partial charge in [0, 0.05) is 0 Å². The second-order valence-electron chi connectivity index (χ2n) is 3.86. The van der Waals surface area contributed by atoms with Crippen molar-refractivity contribution < 1.29 is 18.1 Å². The van der Waals surface area contributed by atoms with E-state index >= 15 is 0 Å². The van der Waals surface area contributed by atoms with Gasteiger partial charge in [-0.3, -0.25) is 4.55 Å². The second-order valence-corrected chi connectivity index (χ2v) is 5.31. The van der Waals surface area contributed by atoms with Gasteiger partial charge >= 0.3 is 0 Å². The lowest BCUT2D eigenvalue weighted by molar-refractivity contribution is 0.283. The minimum absolute atomic E-state index is 0.104. The molecule has 2 aromatic rings. The van der Waals surface area contributed by atoms with E-state index in [1.807, 2.05) is 12.1 Å². The van der Waals surface area contributed by atoms with Crippen molar-refractivity contribution in [2.24, 2.45) is 0 Å². The highest BCUT2D eigenvalue weighted by atomic mass is 32.2. The van der Waals surface area contributed by atoms with E-state index in [1.54, 1.807) is 24.3 Å². The Bertz CT molecular complexity index is 647. The lowest BCUT2D eigenvalue weighted by atomic mass is 10.0. The van der Waals surface area contributed by atoms with Crippen LogP contribution in [0.25, 0.3) is 10.8 Å². The monoisotopic (exact) mass is 252 g/mol. The molecule has 2 rings (SSSR count). The quantitative estimate of drug-likeness (QED) is 0.816. The molecule has 0 atom stereocenters. The number of rotatable bonds is 3. The normalized spacial score (nSPS) is 11.9. The van der Waals surface area contributed by atoms with Gasteiger partial charge in [0.05, 0.1) is 6.61 Å². The van der Waals surface area contributed by atoms with Crippen molar-refractivity contribution in [2.45, 2.75) is 12.4 Å². The molecule has 2 aromatic carbocycles. The van der Waals surface area contributed by atoms with Gasteiger partial charge in [0.25, 0.3) is 10.1 Å². The zero-order valence-electron chi connectivity index (χ0n) is 9.00. The molecule has 0 unspecified atom stereocenters. The molecule has 0 bridgehead atoms. The molecule has 4 nitrogen and oxygen atoms in total. The molecule has 0 saturated carbocycles. The number of aliphatic hydroxyl groups is 1. The molecule has 0 fully saturated rings. The molecular formula is C12H12O4S. The van der Waals surface area contributed by atoms with Crippen LogP contribution < -0.4 is 0 Å². The maximum atomic E-state index is 10.8. The van der Waals surface area contributed by atoms with Crippen molar-refractivity contribution in [3.05, 3.63) is 47.5 Å². The molecule has 0 radical (unpaired) electrons. The first-order valence-electron chi connectivity index (χ1n) is 5.06. The van der Waals surface area contributed by atoms with Crippen LogP contribution in [0.2, 0.25) is 0 Å². The SMILES string of the molecule is O=S(=O)(O)Cc1ccc2cccc(CO)c2c1. The van der Waals surface area contributed by atoms with E-state index in [0.717, 1.165) is 16.3 Å². The van der Waals surface area contributed by atoms with E-state index in [9.17, 15) is 13.5 Å². The Morgan fingerprint density at radius 2 is 1.88 bits per heavy atom. The third-order valence-corrected chi connectivity index (χ3v) is 3.25. The average Bonchev–Trinajstić information content (AvgIpc) is 2.26. The van der Waals surface area contributed by atoms with Crippen molar-refractivity contribution in [1.29, 1.82) is 0 Å². The summed E-state index contributed by atoms with van der Waals surface area (Å²) in [7, 11) is -4.03. The first-order chi connectivity index (χ1) is 7.99. The Labute approximate surface area is 99.3 Å². The summed E-state index contributed by atoms with van der Waals surface area (Å²) in [5, 5.41) is 10.9. The van der Waals surface area contributed by atoms with Gasteiger partial charge in [-0.05, 0) is 28.0 Å². The fourth-order valence-corrected chi connectivity index (χ4v) is 2.42. The molecular weight excluding hydrogens is 240 g/mol. The van der Waals surface area contributed by atoms with E-state index in [2.05, 4.69) is 0 Å². The van der Waals surface area contributed by atoms with Gasteiger partial charge < -0.3 is 5.11 Å². The number of benzene rings is 2. The first kappa shape index (κ1) is 12.0. The molecule has 5 heteroatoms. The highest BCUT2D eigenvalue weighted by Gasteiger charge is 2.08. The zero-order chi connectivity index (χ0) is 12.5. The molecule has 2 N–H and O–H groups in total. The zero-order valence-corrected chi connectivity index (χ0v) is 9.81. The van der Waals surface area contributed by atoms with Crippen LogP contribution >= 0.6 is 0 Å². The van der Waals surface area contributed by atoms with E-state index in [0.29, 0.717) is 5.56 Å². The molecule has 0 spiro atoms. The van der Waals surface area contributed by atoms with Crippen LogP contribution in [0.1, 0.15) is 11.1 Å². The summed E-state index contributed by atoms with van der Waals surface area (Å²) < 4.78 is 30.4. The fourth-order valence-electron chi connectivity index (χ4n) is 1.82. The molecule has 0 aromatic heterocycles. The highest BCUT2D eigenvalue weighted by Crippen LogP contribution is 2.21. The van der Waals surface area contributed by atoms with E-state index < -0.39 is 15.9 Å². The summed E-state index contributed by atoms with van der Waals surface area (Å²) >= 11 is 0. The molecule has 0 aliphatic heterocycles. The summed E-state index contributed by atoms with van der Waals surface area (Å²) in [5.41, 5.74) is 1.24. The first-order valence-corrected chi connectivity index (χ1v) is 6.67. The Kier molecular flexibility index (Phi) is 3.15. The van der Waals surface area contributed by atoms with Gasteiger partial charge in [0.2, 0.25) is 0 Å². The second kappa shape index (κ2) is 4.44. The third kappa shape index (κ3) is 2.82. The summed E-state index contributed by atoms with van der Waals surface area (Å²) in [6, 6.07) is 10.6. The van der Waals surface area contributed by atoms with Crippen LogP contribution in [0.4, 0.5) is 0 Å². The van der Waals surface area contributed by atoms with Crippen LogP contribution in [-0.2, 0) is 22.5 Å². The van der Waals surface area contributed by atoms with Crippen molar-refractivity contribution in [3.63, 3.8) is 0 Å². The molecule has 17 heavy (non-hydrogen) atoms. The number of aliphatic hydroxyl groups excluding tert-OH is 1. The predicted octanol–water partition coefficient (Wildman–Crippen LogP) is 1.72. The van der Waals surface area contributed by atoms with Gasteiger partial charge in [0.1, 0.15) is 5.75 Å². The van der Waals surface area contributed by atoms with Gasteiger partial charge in [-0.25, -0.2) is 0 Å². The number of hydrogen-bond donors (Lipinski definition) is 2. The minimum Gasteiger partial charge on any atom is -0.392 e. The molecule has 0 amide bonds. The minimum atomic E-state index is -4.03. The van der Waals surface area contributed by atoms with Crippen LogP contribution in [0.5, 0.6) is 0 Å². The fraction of sp³-hybridized carbons (Fsp3) is 0.167. The van der Waals surface area contributed by atoms with Gasteiger partial charge in [-0.15, -0.1) is 0 Å². The molecule has 0 aliphatic rings. The maximum absolute atomic E-state index is 10.8. The Morgan fingerprint density at radius 1 is 1.12 bits per heavy atom. The molecule has 0 aliphatic carbocycles. The van der Waals surface area contributed by atoms with Crippen molar-refractivity contribution >= 4 is 20.9 Å². The van der Waals surface area contributed by atoms with Crippen LogP contribution in [0.3, 0.4) is 0 Å². The Hall–Kier alpha value is -1.43. The number of fused-ring (bicyclic) bond motifs is 1. The van der Waals surface area contributed by atoms with Crippen molar-refractivity contribution in [1.82, 2.24) is 0 Å². The highest BCUT2D eigenvalue weighted by molar-refractivity contribution is 7.85. The van der Waals surface area contributed by atoms with Crippen LogP contribution in [-0.4, -0.2) is 18.1 Å². The molecule has 0 saturated heterocycles. The van der Waals surface area contributed by atoms with Crippen LogP contribution in [0.15, 0.2) is 36.4 Å². The summed E-state index contributed by atoms with van der Waals surface area (Å²) in [5.74, 6) is -0.414. The molecule has 90 valence electrons. The molecule has 0 heterocycles. The Morgan fingerprint density at radius 3 is 2.53 bits per heavy atom. The van der Waals surface area contributed by atoms with E-state index in [4.69, 9.17) is 4.55 Å². The maximum Gasteiger partial charge on any atom is 0.269 e. The predicted molar refractivity (Wildman–Crippen MR) is 65.1 cm³/mol. The third-order valence-electron chi connectivity index (χ3n) is 2.56. The number of hydrogen-bond acceptors (Lipinski definition) is 3. The Balaban J connectivity index is 2.56. The standard InChI is InChI=1S/C12H12O4S/c13-7-11-3-1-2-10-5-4-9(6-12(10)11)8-17(14,15)16/h1-6,13H,7-8H2,(H,14,15,16). The largest absolute Gasteiger partial charge is 0.392 e. The summed E-state index contributed by atoms with van der Waals surface area (Å²) in [4.78, 5) is 0. The van der Waals surface area contributed by atoms with Gasteiger partial charge in [-0.1, -0.05) is 30.3 Å². The topological polar surface area (TPSA) is 74.6 Å². The van der Waals surface area contributed by atoms with E-state index in [-0.39, 0.29) is 6.61 Å². The lowest BCUT2D eigenvalue weighted by Crippen LogP contribution is -2.01. The van der Waals surface area contributed by atoms with Gasteiger partial charge in [-0.2, -0.15) is 8.42 Å². The summed E-state index contributed by atoms with van der Waals surface area (Å²) in [6.45, 7) is -0.104.